The van der Waals surface area contributed by atoms with Crippen LogP contribution in [0, 0.1) is 0 Å². The molecular formula is C16H14ClN3O2. The number of aromatic nitrogens is 2. The van der Waals surface area contributed by atoms with Crippen molar-refractivity contribution in [3.8, 4) is 17.1 Å². The van der Waals surface area contributed by atoms with Gasteiger partial charge >= 0.3 is 0 Å². The largest absolute Gasteiger partial charge is 0.495 e. The molecule has 1 heterocycles. The highest BCUT2D eigenvalue weighted by atomic mass is 35.5. The molecule has 5 nitrogen and oxygen atoms in total. The van der Waals surface area contributed by atoms with E-state index in [1.807, 2.05) is 36.4 Å². The summed E-state index contributed by atoms with van der Waals surface area (Å²) >= 11 is 5.86. The minimum atomic E-state index is 0.418. The molecule has 0 aliphatic rings. The van der Waals surface area contributed by atoms with Gasteiger partial charge in [-0.2, -0.15) is 4.98 Å². The van der Waals surface area contributed by atoms with Gasteiger partial charge in [-0.05, 0) is 36.4 Å². The molecule has 0 saturated heterocycles. The Balaban J connectivity index is 1.71. The van der Waals surface area contributed by atoms with Crippen molar-refractivity contribution in [3.63, 3.8) is 0 Å². The maximum absolute atomic E-state index is 5.86. The predicted molar refractivity (Wildman–Crippen MR) is 85.1 cm³/mol. The Kier molecular flexibility index (Phi) is 4.25. The average molecular weight is 316 g/mol. The molecule has 0 amide bonds. The van der Waals surface area contributed by atoms with Crippen molar-refractivity contribution < 1.29 is 9.26 Å². The normalized spacial score (nSPS) is 10.5. The fourth-order valence-electron chi connectivity index (χ4n) is 2.00. The smallest absolute Gasteiger partial charge is 0.246 e. The summed E-state index contributed by atoms with van der Waals surface area (Å²) in [6, 6.07) is 14.9. The highest BCUT2D eigenvalue weighted by Crippen LogP contribution is 2.24. The van der Waals surface area contributed by atoms with Crippen molar-refractivity contribution >= 4 is 17.3 Å². The molecule has 0 atom stereocenters. The van der Waals surface area contributed by atoms with Crippen LogP contribution in [0.5, 0.6) is 5.75 Å². The number of halogens is 1. The molecule has 3 aromatic rings. The van der Waals surface area contributed by atoms with E-state index in [0.717, 1.165) is 17.0 Å². The molecule has 0 radical (unpaired) electrons. The molecule has 22 heavy (non-hydrogen) atoms. The molecule has 0 aliphatic carbocycles. The van der Waals surface area contributed by atoms with Crippen molar-refractivity contribution in [2.45, 2.75) is 6.54 Å². The van der Waals surface area contributed by atoms with Crippen molar-refractivity contribution in [3.05, 3.63) is 59.4 Å². The summed E-state index contributed by atoms with van der Waals surface area (Å²) in [5.74, 6) is 1.80. The number of para-hydroxylation sites is 2. The van der Waals surface area contributed by atoms with E-state index >= 15 is 0 Å². The molecule has 0 aliphatic heterocycles. The number of benzene rings is 2. The molecule has 112 valence electrons. The molecule has 0 bridgehead atoms. The summed E-state index contributed by atoms with van der Waals surface area (Å²) in [7, 11) is 1.63. The van der Waals surface area contributed by atoms with E-state index in [2.05, 4.69) is 15.5 Å². The van der Waals surface area contributed by atoms with E-state index in [9.17, 15) is 0 Å². The molecule has 0 saturated carbocycles. The number of ether oxygens (including phenoxy) is 1. The third kappa shape index (κ3) is 3.20. The lowest BCUT2D eigenvalue weighted by atomic mass is 10.2. The number of hydrogen-bond donors (Lipinski definition) is 1. The van der Waals surface area contributed by atoms with Crippen LogP contribution in [0.25, 0.3) is 11.4 Å². The van der Waals surface area contributed by atoms with Gasteiger partial charge in [0.2, 0.25) is 11.7 Å². The van der Waals surface area contributed by atoms with Gasteiger partial charge in [0, 0.05) is 10.6 Å². The van der Waals surface area contributed by atoms with Gasteiger partial charge in [0.25, 0.3) is 0 Å². The minimum Gasteiger partial charge on any atom is -0.495 e. The van der Waals surface area contributed by atoms with Gasteiger partial charge in [0.15, 0.2) is 0 Å². The van der Waals surface area contributed by atoms with Crippen molar-refractivity contribution in [1.29, 1.82) is 0 Å². The zero-order valence-corrected chi connectivity index (χ0v) is 12.7. The monoisotopic (exact) mass is 315 g/mol. The van der Waals surface area contributed by atoms with Crippen molar-refractivity contribution in [2.24, 2.45) is 0 Å². The van der Waals surface area contributed by atoms with Crippen molar-refractivity contribution in [2.75, 3.05) is 12.4 Å². The Labute approximate surface area is 132 Å². The van der Waals surface area contributed by atoms with Crippen LogP contribution in [0.3, 0.4) is 0 Å². The van der Waals surface area contributed by atoms with Crippen LogP contribution in [0.15, 0.2) is 53.1 Å². The van der Waals surface area contributed by atoms with Gasteiger partial charge in [-0.15, -0.1) is 0 Å². The average Bonchev–Trinajstić information content (AvgIpc) is 3.03. The topological polar surface area (TPSA) is 60.2 Å². The van der Waals surface area contributed by atoms with Gasteiger partial charge in [-0.3, -0.25) is 0 Å². The fraction of sp³-hybridized carbons (Fsp3) is 0.125. The maximum atomic E-state index is 5.86. The number of hydrogen-bond acceptors (Lipinski definition) is 5. The number of nitrogens with zero attached hydrogens (tertiary/aromatic N) is 2. The standard InChI is InChI=1S/C16H14ClN3O2/c1-21-14-5-3-2-4-13(14)18-10-15-19-16(20-22-15)11-6-8-12(17)9-7-11/h2-9,18H,10H2,1H3. The molecule has 0 fully saturated rings. The van der Waals surface area contributed by atoms with E-state index in [0.29, 0.717) is 23.3 Å². The van der Waals surface area contributed by atoms with E-state index < -0.39 is 0 Å². The third-order valence-electron chi connectivity index (χ3n) is 3.11. The minimum absolute atomic E-state index is 0.418. The van der Waals surface area contributed by atoms with Crippen LogP contribution in [0.4, 0.5) is 5.69 Å². The van der Waals surface area contributed by atoms with Crippen LogP contribution in [0.1, 0.15) is 5.89 Å². The lowest BCUT2D eigenvalue weighted by molar-refractivity contribution is 0.383. The van der Waals surface area contributed by atoms with Gasteiger partial charge < -0.3 is 14.6 Å². The van der Waals surface area contributed by atoms with Crippen LogP contribution < -0.4 is 10.1 Å². The number of rotatable bonds is 5. The molecule has 2 aromatic carbocycles. The summed E-state index contributed by atoms with van der Waals surface area (Å²) in [5, 5.41) is 7.85. The predicted octanol–water partition coefficient (Wildman–Crippen LogP) is 4.01. The summed E-state index contributed by atoms with van der Waals surface area (Å²) in [5.41, 5.74) is 1.73. The van der Waals surface area contributed by atoms with E-state index in [1.54, 1.807) is 19.2 Å². The number of methoxy groups -OCH3 is 1. The van der Waals surface area contributed by atoms with Gasteiger partial charge in [-0.25, -0.2) is 0 Å². The summed E-state index contributed by atoms with van der Waals surface area (Å²) in [4.78, 5) is 4.36. The quantitative estimate of drug-likeness (QED) is 0.770. The summed E-state index contributed by atoms with van der Waals surface area (Å²) < 4.78 is 10.5. The Morgan fingerprint density at radius 2 is 1.91 bits per heavy atom. The highest BCUT2D eigenvalue weighted by molar-refractivity contribution is 6.30. The molecular weight excluding hydrogens is 302 g/mol. The zero-order chi connectivity index (χ0) is 15.4. The summed E-state index contributed by atoms with van der Waals surface area (Å²) in [6.45, 7) is 0.418. The molecule has 3 rings (SSSR count). The Bertz CT molecular complexity index is 756. The first-order valence-corrected chi connectivity index (χ1v) is 7.09. The Hall–Kier alpha value is -2.53. The van der Waals surface area contributed by atoms with E-state index in [4.69, 9.17) is 20.9 Å². The second-order valence-electron chi connectivity index (χ2n) is 4.57. The highest BCUT2D eigenvalue weighted by Gasteiger charge is 2.09. The second kappa shape index (κ2) is 6.49. The first-order valence-electron chi connectivity index (χ1n) is 6.71. The number of anilines is 1. The fourth-order valence-corrected chi connectivity index (χ4v) is 2.13. The molecule has 0 spiro atoms. The van der Waals surface area contributed by atoms with Gasteiger partial charge in [0.05, 0.1) is 19.3 Å². The Morgan fingerprint density at radius 1 is 1.14 bits per heavy atom. The van der Waals surface area contributed by atoms with Crippen LogP contribution in [-0.4, -0.2) is 17.3 Å². The zero-order valence-electron chi connectivity index (χ0n) is 11.9. The van der Waals surface area contributed by atoms with E-state index in [-0.39, 0.29) is 0 Å². The van der Waals surface area contributed by atoms with Crippen LogP contribution in [-0.2, 0) is 6.54 Å². The SMILES string of the molecule is COc1ccccc1NCc1nc(-c2ccc(Cl)cc2)no1. The summed E-state index contributed by atoms with van der Waals surface area (Å²) in [6.07, 6.45) is 0. The molecule has 6 heteroatoms. The van der Waals surface area contributed by atoms with Gasteiger partial charge in [0.1, 0.15) is 5.75 Å². The second-order valence-corrected chi connectivity index (χ2v) is 5.01. The third-order valence-corrected chi connectivity index (χ3v) is 3.36. The lowest BCUT2D eigenvalue weighted by Crippen LogP contribution is -2.01. The molecule has 1 aromatic heterocycles. The van der Waals surface area contributed by atoms with Crippen LogP contribution in [0.2, 0.25) is 5.02 Å². The first kappa shape index (κ1) is 14.4. The molecule has 0 unspecified atom stereocenters. The van der Waals surface area contributed by atoms with E-state index in [1.165, 1.54) is 0 Å². The number of nitrogens with one attached hydrogen (secondary N) is 1. The van der Waals surface area contributed by atoms with Crippen molar-refractivity contribution in [1.82, 2.24) is 10.1 Å². The van der Waals surface area contributed by atoms with Crippen LogP contribution >= 0.6 is 11.6 Å². The Morgan fingerprint density at radius 3 is 2.68 bits per heavy atom. The van der Waals surface area contributed by atoms with Gasteiger partial charge in [-0.1, -0.05) is 28.9 Å². The maximum Gasteiger partial charge on any atom is 0.246 e. The first-order chi connectivity index (χ1) is 10.8. The molecule has 1 N–H and O–H groups in total. The lowest BCUT2D eigenvalue weighted by Gasteiger charge is -2.08.